The molecule has 8 nitrogen and oxygen atoms in total. The van der Waals surface area contributed by atoms with Gasteiger partial charge in [-0.25, -0.2) is 4.98 Å². The van der Waals surface area contributed by atoms with Crippen molar-refractivity contribution in [3.05, 3.63) is 99.1 Å². The lowest BCUT2D eigenvalue weighted by molar-refractivity contribution is -0.384. The van der Waals surface area contributed by atoms with Crippen LogP contribution in [0.2, 0.25) is 0 Å². The molecule has 3 aromatic carbocycles. The number of fused-ring (bicyclic) bond motifs is 1. The molecule has 0 saturated heterocycles. The molecule has 0 aliphatic carbocycles. The van der Waals surface area contributed by atoms with Gasteiger partial charge in [0.25, 0.3) is 11.6 Å². The number of nitro benzene ring substituents is 1. The summed E-state index contributed by atoms with van der Waals surface area (Å²) in [4.78, 5) is 39.9. The number of thiazole rings is 1. The second-order valence-corrected chi connectivity index (χ2v) is 8.32. The number of nitrogens with zero attached hydrogens (tertiary/aromatic N) is 4. The molecule has 0 spiro atoms. The average molecular weight is 458 g/mol. The van der Waals surface area contributed by atoms with Gasteiger partial charge >= 0.3 is 0 Å². The number of nitro groups is 1. The molecule has 0 unspecified atom stereocenters. The molecular formula is C24H18N4O4S. The van der Waals surface area contributed by atoms with Gasteiger partial charge in [-0.05, 0) is 61.4 Å². The first kappa shape index (κ1) is 22.0. The van der Waals surface area contributed by atoms with Crippen LogP contribution in [0, 0.1) is 17.0 Å². The van der Waals surface area contributed by atoms with E-state index in [9.17, 15) is 19.7 Å². The van der Waals surface area contributed by atoms with Crippen LogP contribution in [0.1, 0.15) is 38.8 Å². The zero-order chi connectivity index (χ0) is 23.5. The maximum absolute atomic E-state index is 13.3. The number of aromatic nitrogens is 1. The number of amides is 1. The fourth-order valence-corrected chi connectivity index (χ4v) is 4.10. The smallest absolute Gasteiger partial charge is 0.280 e. The largest absolute Gasteiger partial charge is 0.295 e. The Morgan fingerprint density at radius 3 is 2.33 bits per heavy atom. The molecular weight excluding hydrogens is 440 g/mol. The van der Waals surface area contributed by atoms with Crippen molar-refractivity contribution in [1.82, 2.24) is 4.98 Å². The van der Waals surface area contributed by atoms with Gasteiger partial charge in [0.2, 0.25) is 5.13 Å². The predicted molar refractivity (Wildman–Crippen MR) is 128 cm³/mol. The van der Waals surface area contributed by atoms with Gasteiger partial charge in [0.15, 0.2) is 5.78 Å². The van der Waals surface area contributed by atoms with Crippen molar-refractivity contribution in [2.45, 2.75) is 13.8 Å². The van der Waals surface area contributed by atoms with Gasteiger partial charge in [-0.2, -0.15) is 10.1 Å². The maximum Gasteiger partial charge on any atom is 0.280 e. The molecule has 0 fully saturated rings. The summed E-state index contributed by atoms with van der Waals surface area (Å²) >= 11 is 1.33. The molecule has 0 N–H and O–H groups in total. The van der Waals surface area contributed by atoms with E-state index in [4.69, 9.17) is 0 Å². The predicted octanol–water partition coefficient (Wildman–Crippen LogP) is 5.40. The summed E-state index contributed by atoms with van der Waals surface area (Å²) in [7, 11) is 0. The SMILES string of the molecule is CC(=O)c1ccc(C(=O)N(/N=C/c2ccc([N+](=O)[O-])cc2)c2nc3ccc(C)cc3s2)cc1. The normalized spacial score (nSPS) is 11.1. The van der Waals surface area contributed by atoms with Crippen molar-refractivity contribution in [2.75, 3.05) is 5.01 Å². The molecule has 0 aliphatic heterocycles. The van der Waals surface area contributed by atoms with Crippen LogP contribution in [-0.2, 0) is 0 Å². The minimum absolute atomic E-state index is 0.0350. The summed E-state index contributed by atoms with van der Waals surface area (Å²) in [5.74, 6) is -0.511. The van der Waals surface area contributed by atoms with Gasteiger partial charge in [0, 0.05) is 23.3 Å². The van der Waals surface area contributed by atoms with Crippen molar-refractivity contribution in [3.63, 3.8) is 0 Å². The monoisotopic (exact) mass is 458 g/mol. The standard InChI is InChI=1S/C24H18N4O4S/c1-15-3-12-21-22(13-15)33-24(26-21)27(23(30)19-8-6-18(7-9-19)16(2)29)25-14-17-4-10-20(11-5-17)28(31)32/h3-14H,1-2H3/b25-14+. The van der Waals surface area contributed by atoms with E-state index in [2.05, 4.69) is 10.1 Å². The number of ketones is 1. The highest BCUT2D eigenvalue weighted by Gasteiger charge is 2.21. The van der Waals surface area contributed by atoms with Crippen LogP contribution in [0.3, 0.4) is 0 Å². The molecule has 33 heavy (non-hydrogen) atoms. The number of aryl methyl sites for hydroxylation is 1. The molecule has 0 radical (unpaired) electrons. The van der Waals surface area contributed by atoms with Gasteiger partial charge in [-0.3, -0.25) is 19.7 Å². The lowest BCUT2D eigenvalue weighted by Gasteiger charge is -2.14. The minimum atomic E-state index is -0.482. The maximum atomic E-state index is 13.3. The van der Waals surface area contributed by atoms with Crippen molar-refractivity contribution < 1.29 is 14.5 Å². The molecule has 1 aromatic heterocycles. The average Bonchev–Trinajstić information content (AvgIpc) is 3.22. The van der Waals surface area contributed by atoms with Crippen LogP contribution in [0.15, 0.2) is 71.8 Å². The summed E-state index contributed by atoms with van der Waals surface area (Å²) in [6.45, 7) is 3.44. The number of benzene rings is 3. The molecule has 4 rings (SSSR count). The van der Waals surface area contributed by atoms with Crippen molar-refractivity contribution >= 4 is 50.3 Å². The third-order valence-electron chi connectivity index (χ3n) is 4.87. The number of hydrazone groups is 1. The summed E-state index contributed by atoms with van der Waals surface area (Å²) in [6, 6.07) is 18.0. The minimum Gasteiger partial charge on any atom is -0.295 e. The van der Waals surface area contributed by atoms with Crippen LogP contribution in [-0.4, -0.2) is 27.8 Å². The van der Waals surface area contributed by atoms with Crippen LogP contribution in [0.4, 0.5) is 10.8 Å². The molecule has 164 valence electrons. The first-order valence-corrected chi connectivity index (χ1v) is 10.7. The second-order valence-electron chi connectivity index (χ2n) is 7.31. The fourth-order valence-electron chi connectivity index (χ4n) is 3.08. The molecule has 0 aliphatic rings. The molecule has 9 heteroatoms. The number of hydrogen-bond donors (Lipinski definition) is 0. The van der Waals surface area contributed by atoms with E-state index in [1.165, 1.54) is 41.6 Å². The Labute approximate surface area is 193 Å². The summed E-state index contributed by atoms with van der Waals surface area (Å²) in [6.07, 6.45) is 1.45. The fraction of sp³-hybridized carbons (Fsp3) is 0.0833. The Kier molecular flexibility index (Phi) is 6.05. The third-order valence-corrected chi connectivity index (χ3v) is 5.86. The Morgan fingerprint density at radius 1 is 1.03 bits per heavy atom. The molecule has 0 bridgehead atoms. The lowest BCUT2D eigenvalue weighted by Crippen LogP contribution is -2.25. The van der Waals surface area contributed by atoms with Crippen molar-refractivity contribution in [1.29, 1.82) is 0 Å². The Morgan fingerprint density at radius 2 is 1.70 bits per heavy atom. The van der Waals surface area contributed by atoms with Gasteiger partial charge in [-0.1, -0.05) is 29.5 Å². The number of non-ortho nitro benzene ring substituents is 1. The Hall–Kier alpha value is -4.24. The van der Waals surface area contributed by atoms with E-state index in [1.54, 1.807) is 36.4 Å². The number of Topliss-reactive ketones (excluding diaryl/α,β-unsaturated/α-hetero) is 1. The Balaban J connectivity index is 1.72. The number of carbonyl (C=O) groups is 2. The van der Waals surface area contributed by atoms with Crippen LogP contribution >= 0.6 is 11.3 Å². The van der Waals surface area contributed by atoms with Crippen molar-refractivity contribution in [3.8, 4) is 0 Å². The van der Waals surface area contributed by atoms with E-state index in [0.29, 0.717) is 21.8 Å². The topological polar surface area (TPSA) is 106 Å². The first-order valence-electron chi connectivity index (χ1n) is 9.93. The highest BCUT2D eigenvalue weighted by molar-refractivity contribution is 7.22. The van der Waals surface area contributed by atoms with Gasteiger partial charge in [0.1, 0.15) is 0 Å². The third kappa shape index (κ3) is 4.83. The van der Waals surface area contributed by atoms with Gasteiger partial charge < -0.3 is 0 Å². The second kappa shape index (κ2) is 9.09. The van der Waals surface area contributed by atoms with E-state index < -0.39 is 10.8 Å². The van der Waals surface area contributed by atoms with Crippen molar-refractivity contribution in [2.24, 2.45) is 5.10 Å². The zero-order valence-electron chi connectivity index (χ0n) is 17.8. The van der Waals surface area contributed by atoms with Crippen LogP contribution in [0.5, 0.6) is 0 Å². The van der Waals surface area contributed by atoms with E-state index >= 15 is 0 Å². The summed E-state index contributed by atoms with van der Waals surface area (Å²) < 4.78 is 0.917. The Bertz CT molecular complexity index is 1390. The number of rotatable bonds is 6. The van der Waals surface area contributed by atoms with E-state index in [1.807, 2.05) is 25.1 Å². The van der Waals surface area contributed by atoms with Gasteiger partial charge in [-0.15, -0.1) is 0 Å². The van der Waals surface area contributed by atoms with Crippen LogP contribution in [0.25, 0.3) is 10.2 Å². The number of anilines is 1. The van der Waals surface area contributed by atoms with E-state index in [-0.39, 0.29) is 11.5 Å². The quantitative estimate of drug-likeness (QED) is 0.167. The molecule has 1 heterocycles. The summed E-state index contributed by atoms with van der Waals surface area (Å²) in [5.41, 5.74) is 3.22. The molecule has 4 aromatic rings. The zero-order valence-corrected chi connectivity index (χ0v) is 18.6. The molecule has 0 atom stereocenters. The molecule has 1 amide bonds. The first-order chi connectivity index (χ1) is 15.8. The number of carbonyl (C=O) groups excluding carboxylic acids is 2. The van der Waals surface area contributed by atoms with Gasteiger partial charge in [0.05, 0.1) is 21.4 Å². The van der Waals surface area contributed by atoms with E-state index in [0.717, 1.165) is 15.8 Å². The van der Waals surface area contributed by atoms with Crippen LogP contribution < -0.4 is 5.01 Å². The summed E-state index contributed by atoms with van der Waals surface area (Å²) in [5, 5.41) is 16.8. The lowest BCUT2D eigenvalue weighted by atomic mass is 10.1. The highest BCUT2D eigenvalue weighted by Crippen LogP contribution is 2.31. The highest BCUT2D eigenvalue weighted by atomic mass is 32.1. The number of hydrogen-bond acceptors (Lipinski definition) is 7. The molecule has 0 saturated carbocycles.